The number of nitrogens with one attached hydrogen (secondary N) is 2. The van der Waals surface area contributed by atoms with Crippen LogP contribution in [0.2, 0.25) is 0 Å². The first-order chi connectivity index (χ1) is 15.4. The first-order valence-corrected chi connectivity index (χ1v) is 9.92. The van der Waals surface area contributed by atoms with Crippen LogP contribution in [0.5, 0.6) is 5.75 Å². The Hall–Kier alpha value is -3.63. The number of aliphatic carboxylic acids is 2. The molecule has 3 rings (SSSR count). The number of benzene rings is 2. The van der Waals surface area contributed by atoms with Gasteiger partial charge in [-0.2, -0.15) is 0 Å². The zero-order chi connectivity index (χ0) is 23.3. The van der Waals surface area contributed by atoms with Crippen molar-refractivity contribution < 1.29 is 34.1 Å². The van der Waals surface area contributed by atoms with E-state index in [0.717, 1.165) is 49.0 Å². The number of hydrogen-bond donors (Lipinski definition) is 4. The third-order valence-electron chi connectivity index (χ3n) is 4.50. The van der Waals surface area contributed by atoms with Gasteiger partial charge in [0.05, 0.1) is 26.9 Å². The number of carbonyl (C=O) groups excluding carboxylic acids is 1. The molecule has 4 N–H and O–H groups in total. The van der Waals surface area contributed by atoms with Crippen molar-refractivity contribution in [3.8, 4) is 5.75 Å². The number of carboxylic acids is 2. The fraction of sp³-hybridized carbons (Fsp3) is 0.318. The number of hydrogen-bond acceptors (Lipinski definition) is 7. The van der Waals surface area contributed by atoms with Crippen molar-refractivity contribution >= 4 is 29.2 Å². The zero-order valence-electron chi connectivity index (χ0n) is 17.7. The summed E-state index contributed by atoms with van der Waals surface area (Å²) in [5.41, 5.74) is 2.98. The minimum absolute atomic E-state index is 0.0704. The summed E-state index contributed by atoms with van der Waals surface area (Å²) < 4.78 is 10.7. The minimum Gasteiger partial charge on any atom is -0.496 e. The van der Waals surface area contributed by atoms with Crippen LogP contribution in [0, 0.1) is 0 Å². The van der Waals surface area contributed by atoms with E-state index >= 15 is 0 Å². The number of rotatable bonds is 7. The van der Waals surface area contributed by atoms with Crippen molar-refractivity contribution in [1.82, 2.24) is 5.32 Å². The van der Waals surface area contributed by atoms with Gasteiger partial charge in [0.15, 0.2) is 0 Å². The molecule has 10 heteroatoms. The second-order valence-electron chi connectivity index (χ2n) is 6.72. The van der Waals surface area contributed by atoms with Gasteiger partial charge in [-0.15, -0.1) is 0 Å². The van der Waals surface area contributed by atoms with Gasteiger partial charge < -0.3 is 35.2 Å². The number of para-hydroxylation sites is 1. The number of carboxylic acid groups (broad SMARTS) is 2. The monoisotopic (exact) mass is 445 g/mol. The Balaban J connectivity index is 0.000000534. The Kier molecular flexibility index (Phi) is 9.95. The van der Waals surface area contributed by atoms with Gasteiger partial charge in [0.1, 0.15) is 5.75 Å². The van der Waals surface area contributed by atoms with Crippen LogP contribution in [-0.2, 0) is 25.7 Å². The summed E-state index contributed by atoms with van der Waals surface area (Å²) in [6, 6.07) is 15.7. The lowest BCUT2D eigenvalue weighted by Gasteiger charge is -2.28. The summed E-state index contributed by atoms with van der Waals surface area (Å²) >= 11 is 0. The molecule has 0 aliphatic carbocycles. The number of carbonyl (C=O) groups is 3. The Bertz CT molecular complexity index is 885. The molecule has 1 amide bonds. The third kappa shape index (κ3) is 8.25. The predicted octanol–water partition coefficient (Wildman–Crippen LogP) is 1.42. The van der Waals surface area contributed by atoms with Crippen molar-refractivity contribution in [2.45, 2.75) is 6.54 Å². The number of ether oxygens (including phenoxy) is 2. The van der Waals surface area contributed by atoms with Crippen molar-refractivity contribution in [2.75, 3.05) is 50.2 Å². The molecule has 32 heavy (non-hydrogen) atoms. The fourth-order valence-electron chi connectivity index (χ4n) is 2.94. The van der Waals surface area contributed by atoms with Gasteiger partial charge in [-0.1, -0.05) is 18.2 Å². The van der Waals surface area contributed by atoms with Gasteiger partial charge in [0, 0.05) is 36.6 Å². The van der Waals surface area contributed by atoms with Crippen LogP contribution < -0.4 is 20.3 Å². The minimum atomic E-state index is -1.82. The molecular weight excluding hydrogens is 418 g/mol. The quantitative estimate of drug-likeness (QED) is 0.466. The molecule has 0 unspecified atom stereocenters. The summed E-state index contributed by atoms with van der Waals surface area (Å²) in [5.74, 6) is -2.90. The van der Waals surface area contributed by atoms with E-state index in [1.165, 1.54) is 0 Å². The molecule has 10 nitrogen and oxygen atoms in total. The molecule has 1 saturated heterocycles. The van der Waals surface area contributed by atoms with Crippen molar-refractivity contribution in [3.63, 3.8) is 0 Å². The maximum atomic E-state index is 12.1. The second-order valence-corrected chi connectivity index (χ2v) is 6.72. The molecule has 2 aromatic carbocycles. The number of amides is 1. The summed E-state index contributed by atoms with van der Waals surface area (Å²) in [4.78, 5) is 32.6. The Morgan fingerprint density at radius 3 is 2.22 bits per heavy atom. The maximum absolute atomic E-state index is 12.1. The van der Waals surface area contributed by atoms with Gasteiger partial charge >= 0.3 is 11.9 Å². The van der Waals surface area contributed by atoms with E-state index in [1.54, 1.807) is 7.11 Å². The molecule has 1 fully saturated rings. The average molecular weight is 445 g/mol. The summed E-state index contributed by atoms with van der Waals surface area (Å²) in [6.45, 7) is 4.14. The standard InChI is InChI=1S/C20H25N3O3.C2H2O4/c1-25-19-5-3-2-4-16(19)14-21-15-20(24)22-17-6-8-18(9-7-17)23-10-12-26-13-11-23;3-1(4)2(5)6/h2-9,21H,10-15H2,1H3,(H,22,24);(H,3,4)(H,5,6). The van der Waals surface area contributed by atoms with Gasteiger partial charge in [0.25, 0.3) is 0 Å². The van der Waals surface area contributed by atoms with E-state index in [0.29, 0.717) is 6.54 Å². The van der Waals surface area contributed by atoms with Crippen LogP contribution >= 0.6 is 0 Å². The third-order valence-corrected chi connectivity index (χ3v) is 4.50. The zero-order valence-corrected chi connectivity index (χ0v) is 17.7. The van der Waals surface area contributed by atoms with Crippen molar-refractivity contribution in [3.05, 3.63) is 54.1 Å². The lowest BCUT2D eigenvalue weighted by Crippen LogP contribution is -2.36. The Morgan fingerprint density at radius 1 is 1.00 bits per heavy atom. The predicted molar refractivity (Wildman–Crippen MR) is 118 cm³/mol. The molecule has 0 aromatic heterocycles. The van der Waals surface area contributed by atoms with E-state index in [1.807, 2.05) is 48.5 Å². The first kappa shape index (κ1) is 24.6. The van der Waals surface area contributed by atoms with Gasteiger partial charge in [-0.25, -0.2) is 9.59 Å². The molecule has 0 atom stereocenters. The van der Waals surface area contributed by atoms with E-state index in [9.17, 15) is 4.79 Å². The summed E-state index contributed by atoms with van der Waals surface area (Å²) in [6.07, 6.45) is 0. The van der Waals surface area contributed by atoms with Crippen LogP contribution in [-0.4, -0.2) is 68.0 Å². The highest BCUT2D eigenvalue weighted by Crippen LogP contribution is 2.19. The molecule has 0 spiro atoms. The summed E-state index contributed by atoms with van der Waals surface area (Å²) in [5, 5.41) is 20.8. The number of nitrogens with zero attached hydrogens (tertiary/aromatic N) is 1. The van der Waals surface area contributed by atoms with Crippen LogP contribution in [0.3, 0.4) is 0 Å². The topological polar surface area (TPSA) is 137 Å². The van der Waals surface area contributed by atoms with Crippen molar-refractivity contribution in [2.24, 2.45) is 0 Å². The van der Waals surface area contributed by atoms with Crippen molar-refractivity contribution in [1.29, 1.82) is 0 Å². The molecule has 1 aliphatic heterocycles. The molecule has 0 saturated carbocycles. The molecule has 1 heterocycles. The van der Waals surface area contributed by atoms with Crippen LogP contribution in [0.25, 0.3) is 0 Å². The van der Waals surface area contributed by atoms with E-state index in [2.05, 4.69) is 15.5 Å². The largest absolute Gasteiger partial charge is 0.496 e. The van der Waals surface area contributed by atoms with E-state index in [-0.39, 0.29) is 12.5 Å². The smallest absolute Gasteiger partial charge is 0.414 e. The highest BCUT2D eigenvalue weighted by molar-refractivity contribution is 6.27. The first-order valence-electron chi connectivity index (χ1n) is 9.92. The summed E-state index contributed by atoms with van der Waals surface area (Å²) in [7, 11) is 1.64. The van der Waals surface area contributed by atoms with Crippen LogP contribution in [0.15, 0.2) is 48.5 Å². The Labute approximate surface area is 185 Å². The normalized spacial score (nSPS) is 12.8. The van der Waals surface area contributed by atoms with E-state index < -0.39 is 11.9 Å². The fourth-order valence-corrected chi connectivity index (χ4v) is 2.94. The molecule has 0 radical (unpaired) electrons. The van der Waals surface area contributed by atoms with Gasteiger partial charge in [-0.3, -0.25) is 4.79 Å². The lowest BCUT2D eigenvalue weighted by molar-refractivity contribution is -0.159. The molecule has 0 bridgehead atoms. The molecule has 172 valence electrons. The molecular formula is C22H27N3O7. The number of methoxy groups -OCH3 is 1. The number of morpholine rings is 1. The van der Waals surface area contributed by atoms with Gasteiger partial charge in [-0.05, 0) is 30.3 Å². The molecule has 1 aliphatic rings. The highest BCUT2D eigenvalue weighted by Gasteiger charge is 2.11. The average Bonchev–Trinajstić information content (AvgIpc) is 2.81. The van der Waals surface area contributed by atoms with Crippen LogP contribution in [0.1, 0.15) is 5.56 Å². The van der Waals surface area contributed by atoms with E-state index in [4.69, 9.17) is 29.3 Å². The SMILES string of the molecule is COc1ccccc1CNCC(=O)Nc1ccc(N2CCOCC2)cc1.O=C(O)C(=O)O. The maximum Gasteiger partial charge on any atom is 0.414 e. The van der Waals surface area contributed by atoms with Gasteiger partial charge in [0.2, 0.25) is 5.91 Å². The lowest BCUT2D eigenvalue weighted by atomic mass is 10.2. The second kappa shape index (κ2) is 12.9. The van der Waals surface area contributed by atoms with Crippen LogP contribution in [0.4, 0.5) is 11.4 Å². The number of anilines is 2. The Morgan fingerprint density at radius 2 is 1.62 bits per heavy atom. The highest BCUT2D eigenvalue weighted by atomic mass is 16.5. The molecule has 2 aromatic rings.